The zero-order chi connectivity index (χ0) is 20.1. The zero-order valence-electron chi connectivity index (χ0n) is 15.6. The number of primary amides is 1. The number of hydrogen-bond acceptors (Lipinski definition) is 4. The van der Waals surface area contributed by atoms with Crippen LogP contribution in [0.1, 0.15) is 51.4 Å². The van der Waals surface area contributed by atoms with Crippen LogP contribution in [0.4, 0.5) is 5.69 Å². The highest BCUT2D eigenvalue weighted by molar-refractivity contribution is 6.30. The molecule has 7 N–H and O–H groups in total. The summed E-state index contributed by atoms with van der Waals surface area (Å²) in [5, 5.41) is 8.24. The number of nitrogens with one attached hydrogen (secondary N) is 1. The zero-order valence-corrected chi connectivity index (χ0v) is 16.3. The van der Waals surface area contributed by atoms with Crippen LogP contribution >= 0.6 is 11.6 Å². The summed E-state index contributed by atoms with van der Waals surface area (Å²) in [6.07, 6.45) is 6.06. The average molecular weight is 393 g/mol. The van der Waals surface area contributed by atoms with E-state index in [1.807, 2.05) is 0 Å². The van der Waals surface area contributed by atoms with E-state index >= 15 is 0 Å². The molecule has 0 unspecified atom stereocenters. The second-order valence-electron chi connectivity index (χ2n) is 6.39. The van der Waals surface area contributed by atoms with Gasteiger partial charge in [0.2, 0.25) is 5.91 Å². The van der Waals surface area contributed by atoms with Gasteiger partial charge in [-0.3, -0.25) is 9.79 Å². The van der Waals surface area contributed by atoms with E-state index in [4.69, 9.17) is 34.2 Å². The third-order valence-corrected chi connectivity index (χ3v) is 4.05. The van der Waals surface area contributed by atoms with E-state index in [-0.39, 0.29) is 6.42 Å². The molecule has 27 heavy (non-hydrogen) atoms. The lowest BCUT2D eigenvalue weighted by atomic mass is 10.1. The lowest BCUT2D eigenvalue weighted by Crippen LogP contribution is -2.22. The Kier molecular flexibility index (Phi) is 10.8. The summed E-state index contributed by atoms with van der Waals surface area (Å²) in [6.45, 7) is 0.664. The number of halogens is 1. The first kappa shape index (κ1) is 22.6. The fourth-order valence-electron chi connectivity index (χ4n) is 2.46. The lowest BCUT2D eigenvalue weighted by Gasteiger charge is -2.03. The highest BCUT2D eigenvalue weighted by Crippen LogP contribution is 2.16. The fraction of sp³-hybridized carbons (Fsp3) is 0.474. The predicted molar refractivity (Wildman–Crippen MR) is 113 cm³/mol. The lowest BCUT2D eigenvalue weighted by molar-refractivity contribution is -0.116. The number of nitrogens with zero attached hydrogens (tertiary/aromatic N) is 2. The molecule has 0 saturated heterocycles. The highest BCUT2D eigenvalue weighted by atomic mass is 35.5. The fourth-order valence-corrected chi connectivity index (χ4v) is 2.59. The van der Waals surface area contributed by atoms with Crippen LogP contribution in [0.2, 0.25) is 5.02 Å². The van der Waals surface area contributed by atoms with Crippen LogP contribution in [0.5, 0.6) is 0 Å². The van der Waals surface area contributed by atoms with Crippen molar-refractivity contribution in [1.29, 1.82) is 5.41 Å². The Balaban J connectivity index is 2.15. The van der Waals surface area contributed by atoms with Crippen molar-refractivity contribution >= 4 is 40.6 Å². The van der Waals surface area contributed by atoms with Gasteiger partial charge in [0, 0.05) is 17.3 Å². The average Bonchev–Trinajstić information content (AvgIpc) is 2.58. The van der Waals surface area contributed by atoms with Crippen molar-refractivity contribution in [1.82, 2.24) is 0 Å². The molecule has 0 aliphatic carbocycles. The molecule has 148 valence electrons. The molecule has 0 fully saturated rings. The van der Waals surface area contributed by atoms with Crippen molar-refractivity contribution < 1.29 is 4.79 Å². The normalized spacial score (nSPS) is 12.2. The maximum Gasteiger partial charge on any atom is 0.223 e. The molecule has 8 heteroatoms. The first-order valence-electron chi connectivity index (χ1n) is 9.09. The van der Waals surface area contributed by atoms with Gasteiger partial charge in [0.05, 0.1) is 18.5 Å². The van der Waals surface area contributed by atoms with Gasteiger partial charge in [-0.25, -0.2) is 4.99 Å². The van der Waals surface area contributed by atoms with Crippen molar-refractivity contribution in [2.75, 3.05) is 6.54 Å². The van der Waals surface area contributed by atoms with Gasteiger partial charge < -0.3 is 22.6 Å². The van der Waals surface area contributed by atoms with E-state index in [0.29, 0.717) is 41.8 Å². The summed E-state index contributed by atoms with van der Waals surface area (Å²) in [5.41, 5.74) is 18.0. The molecule has 0 radical (unpaired) electrons. The van der Waals surface area contributed by atoms with E-state index in [9.17, 15) is 4.79 Å². The Morgan fingerprint density at radius 2 is 1.56 bits per heavy atom. The summed E-state index contributed by atoms with van der Waals surface area (Å²) in [7, 11) is 0. The Hall–Kier alpha value is -2.41. The molecule has 0 atom stereocenters. The summed E-state index contributed by atoms with van der Waals surface area (Å²) < 4.78 is 0. The SMILES string of the molecule is N=C(CCCCCCCN=C(N)CC(N)=Nc1ccc(Cl)cc1)CC(N)=O. The molecule has 1 rings (SSSR count). The Morgan fingerprint density at radius 1 is 0.926 bits per heavy atom. The van der Waals surface area contributed by atoms with Crippen molar-refractivity contribution in [3.8, 4) is 0 Å². The second kappa shape index (κ2) is 12.9. The van der Waals surface area contributed by atoms with E-state index in [1.165, 1.54) is 0 Å². The van der Waals surface area contributed by atoms with Gasteiger partial charge in [-0.1, -0.05) is 30.9 Å². The third kappa shape index (κ3) is 11.8. The predicted octanol–water partition coefficient (Wildman–Crippen LogP) is 3.31. The maximum absolute atomic E-state index is 10.7. The molecule has 0 spiro atoms. The van der Waals surface area contributed by atoms with Gasteiger partial charge in [-0.05, 0) is 43.5 Å². The number of amides is 1. The molecule has 0 heterocycles. The number of benzene rings is 1. The van der Waals surface area contributed by atoms with Crippen LogP contribution in [-0.4, -0.2) is 29.8 Å². The molecule has 1 amide bonds. The van der Waals surface area contributed by atoms with E-state index in [1.54, 1.807) is 24.3 Å². The van der Waals surface area contributed by atoms with Gasteiger partial charge >= 0.3 is 0 Å². The number of carbonyl (C=O) groups is 1. The summed E-state index contributed by atoms with van der Waals surface area (Å²) >= 11 is 5.83. The minimum Gasteiger partial charge on any atom is -0.387 e. The Morgan fingerprint density at radius 3 is 2.22 bits per heavy atom. The van der Waals surface area contributed by atoms with Gasteiger partial charge in [0.1, 0.15) is 11.7 Å². The molecule has 1 aromatic rings. The van der Waals surface area contributed by atoms with Gasteiger partial charge in [0.15, 0.2) is 0 Å². The number of nitrogens with two attached hydrogens (primary N) is 3. The number of unbranched alkanes of at least 4 members (excludes halogenated alkanes) is 4. The Bertz CT molecular complexity index is 669. The summed E-state index contributed by atoms with van der Waals surface area (Å²) in [5.74, 6) is 0.455. The minimum atomic E-state index is -0.436. The van der Waals surface area contributed by atoms with Gasteiger partial charge in [-0.15, -0.1) is 0 Å². The van der Waals surface area contributed by atoms with Crippen LogP contribution in [0, 0.1) is 5.41 Å². The number of hydrogen-bond donors (Lipinski definition) is 4. The first-order chi connectivity index (χ1) is 12.9. The molecular weight excluding hydrogens is 364 g/mol. The van der Waals surface area contributed by atoms with Crippen molar-refractivity contribution in [2.45, 2.75) is 51.4 Å². The van der Waals surface area contributed by atoms with E-state index < -0.39 is 5.91 Å². The largest absolute Gasteiger partial charge is 0.387 e. The minimum absolute atomic E-state index is 0.0679. The van der Waals surface area contributed by atoms with Gasteiger partial charge in [0.25, 0.3) is 0 Å². The number of rotatable bonds is 13. The van der Waals surface area contributed by atoms with Crippen molar-refractivity contribution in [2.24, 2.45) is 27.2 Å². The number of aliphatic imine (C=N–C) groups is 2. The second-order valence-corrected chi connectivity index (χ2v) is 6.83. The Labute approximate surface area is 165 Å². The molecule has 0 aliphatic heterocycles. The summed E-state index contributed by atoms with van der Waals surface area (Å²) in [4.78, 5) is 19.3. The molecule has 0 aromatic heterocycles. The molecule has 0 saturated carbocycles. The third-order valence-electron chi connectivity index (χ3n) is 3.80. The van der Waals surface area contributed by atoms with Crippen LogP contribution in [0.25, 0.3) is 0 Å². The smallest absolute Gasteiger partial charge is 0.223 e. The maximum atomic E-state index is 10.7. The number of carbonyl (C=O) groups excluding carboxylic acids is 1. The summed E-state index contributed by atoms with van der Waals surface area (Å²) in [6, 6.07) is 7.09. The van der Waals surface area contributed by atoms with E-state index in [0.717, 1.165) is 37.8 Å². The highest BCUT2D eigenvalue weighted by Gasteiger charge is 2.02. The quantitative estimate of drug-likeness (QED) is 0.232. The van der Waals surface area contributed by atoms with Gasteiger partial charge in [-0.2, -0.15) is 0 Å². The molecule has 1 aromatic carbocycles. The van der Waals surface area contributed by atoms with Crippen LogP contribution in [0.15, 0.2) is 34.3 Å². The first-order valence-corrected chi connectivity index (χ1v) is 9.46. The molecule has 7 nitrogen and oxygen atoms in total. The van der Waals surface area contributed by atoms with Crippen LogP contribution in [0.3, 0.4) is 0 Å². The van der Waals surface area contributed by atoms with Crippen molar-refractivity contribution in [3.63, 3.8) is 0 Å². The standard InChI is InChI=1S/C19H29ClN6O/c20-14-7-9-16(10-8-14)26-18(23)13-17(22)25-11-5-3-1-2-4-6-15(21)12-19(24)27/h7-10,21H,1-6,11-13H2,(H2,22,25)(H2,23,26)(H2,24,27). The monoisotopic (exact) mass is 392 g/mol. The van der Waals surface area contributed by atoms with Crippen molar-refractivity contribution in [3.05, 3.63) is 29.3 Å². The topological polar surface area (TPSA) is 144 Å². The molecular formula is C19H29ClN6O. The molecule has 0 bridgehead atoms. The van der Waals surface area contributed by atoms with Crippen LogP contribution in [-0.2, 0) is 4.79 Å². The van der Waals surface area contributed by atoms with Crippen LogP contribution < -0.4 is 17.2 Å². The molecule has 0 aliphatic rings. The van der Waals surface area contributed by atoms with E-state index in [2.05, 4.69) is 9.98 Å². The number of amidine groups is 2.